The summed E-state index contributed by atoms with van der Waals surface area (Å²) in [5.74, 6) is -3.42. The molecule has 1 aromatic carbocycles. The Bertz CT molecular complexity index is 366. The molecule has 0 heterocycles. The van der Waals surface area contributed by atoms with Crippen molar-refractivity contribution in [3.8, 4) is 0 Å². The van der Waals surface area contributed by atoms with Crippen molar-refractivity contribution in [2.24, 2.45) is 0 Å². The summed E-state index contributed by atoms with van der Waals surface area (Å²) in [6.07, 6.45) is 0. The molecule has 0 N–H and O–H groups in total. The number of esters is 1. The van der Waals surface area contributed by atoms with E-state index in [1.54, 1.807) is 6.92 Å². The molecule has 5 heteroatoms. The van der Waals surface area contributed by atoms with Gasteiger partial charge in [0, 0.05) is 0 Å². The number of benzene rings is 1. The summed E-state index contributed by atoms with van der Waals surface area (Å²) < 4.78 is 30.5. The van der Waals surface area contributed by atoms with Crippen molar-refractivity contribution in [1.29, 1.82) is 0 Å². The van der Waals surface area contributed by atoms with Crippen LogP contribution in [0.3, 0.4) is 0 Å². The van der Waals surface area contributed by atoms with Crippen LogP contribution >= 0.6 is 11.6 Å². The monoisotopic (exact) mass is 220 g/mol. The maximum Gasteiger partial charge on any atom is 0.341 e. The number of ether oxygens (including phenoxy) is 1. The number of hydrogen-bond donors (Lipinski definition) is 0. The maximum absolute atomic E-state index is 13.1. The minimum absolute atomic E-state index is 0.0997. The van der Waals surface area contributed by atoms with Crippen molar-refractivity contribution in [1.82, 2.24) is 0 Å². The molecule has 0 aliphatic heterocycles. The summed E-state index contributed by atoms with van der Waals surface area (Å²) in [5.41, 5.74) is -0.450. The minimum atomic E-state index is -1.28. The SMILES string of the molecule is CCOC(=O)c1ccc(Cl)c(F)c1F. The molecule has 0 aliphatic rings. The van der Waals surface area contributed by atoms with E-state index in [0.717, 1.165) is 12.1 Å². The Balaban J connectivity index is 3.11. The molecule has 0 radical (unpaired) electrons. The molecule has 0 unspecified atom stereocenters. The summed E-state index contributed by atoms with van der Waals surface area (Å²) >= 11 is 5.30. The molecule has 0 fully saturated rings. The molecular formula is C9H7ClF2O2. The van der Waals surface area contributed by atoms with Crippen LogP contribution in [0.25, 0.3) is 0 Å². The largest absolute Gasteiger partial charge is 0.462 e. The third kappa shape index (κ3) is 2.01. The van der Waals surface area contributed by atoms with Gasteiger partial charge in [-0.3, -0.25) is 0 Å². The average molecular weight is 221 g/mol. The Morgan fingerprint density at radius 1 is 1.43 bits per heavy atom. The van der Waals surface area contributed by atoms with E-state index in [1.165, 1.54) is 0 Å². The van der Waals surface area contributed by atoms with E-state index in [2.05, 4.69) is 4.74 Å². The molecule has 0 bridgehead atoms. The van der Waals surface area contributed by atoms with Gasteiger partial charge < -0.3 is 4.74 Å². The van der Waals surface area contributed by atoms with E-state index in [-0.39, 0.29) is 11.6 Å². The Labute approximate surface area is 84.4 Å². The fourth-order valence-corrected chi connectivity index (χ4v) is 1.04. The predicted molar refractivity (Wildman–Crippen MR) is 47.3 cm³/mol. The zero-order valence-corrected chi connectivity index (χ0v) is 8.07. The molecule has 76 valence electrons. The van der Waals surface area contributed by atoms with E-state index in [1.807, 2.05) is 0 Å². The molecule has 1 aromatic rings. The molecular weight excluding hydrogens is 214 g/mol. The van der Waals surface area contributed by atoms with E-state index in [0.29, 0.717) is 0 Å². The number of hydrogen-bond acceptors (Lipinski definition) is 2. The first-order valence-electron chi connectivity index (χ1n) is 3.88. The van der Waals surface area contributed by atoms with Gasteiger partial charge in [0.25, 0.3) is 0 Å². The van der Waals surface area contributed by atoms with Crippen LogP contribution < -0.4 is 0 Å². The summed E-state index contributed by atoms with van der Waals surface area (Å²) in [6.45, 7) is 1.67. The van der Waals surface area contributed by atoms with Crippen LogP contribution in [0.1, 0.15) is 17.3 Å². The van der Waals surface area contributed by atoms with Gasteiger partial charge in [-0.15, -0.1) is 0 Å². The maximum atomic E-state index is 13.1. The second kappa shape index (κ2) is 4.37. The number of halogens is 3. The van der Waals surface area contributed by atoms with Gasteiger partial charge in [0.05, 0.1) is 17.2 Å². The standard InChI is InChI=1S/C9H7ClF2O2/c1-2-14-9(13)5-3-4-6(10)8(12)7(5)11/h3-4H,2H2,1H3. The topological polar surface area (TPSA) is 26.3 Å². The Hall–Kier alpha value is -1.16. The van der Waals surface area contributed by atoms with Gasteiger partial charge in [0.1, 0.15) is 0 Å². The fraction of sp³-hybridized carbons (Fsp3) is 0.222. The van der Waals surface area contributed by atoms with Crippen molar-refractivity contribution in [3.63, 3.8) is 0 Å². The van der Waals surface area contributed by atoms with Gasteiger partial charge in [0.15, 0.2) is 11.6 Å². The lowest BCUT2D eigenvalue weighted by Gasteiger charge is -2.04. The molecule has 0 spiro atoms. The van der Waals surface area contributed by atoms with Crippen molar-refractivity contribution in [2.75, 3.05) is 6.61 Å². The lowest BCUT2D eigenvalue weighted by atomic mass is 10.2. The highest BCUT2D eigenvalue weighted by atomic mass is 35.5. The normalized spacial score (nSPS) is 10.0. The highest BCUT2D eigenvalue weighted by molar-refractivity contribution is 6.30. The average Bonchev–Trinajstić information content (AvgIpc) is 2.15. The van der Waals surface area contributed by atoms with E-state index in [9.17, 15) is 13.6 Å². The molecule has 0 saturated heterocycles. The fourth-order valence-electron chi connectivity index (χ4n) is 0.892. The lowest BCUT2D eigenvalue weighted by molar-refractivity contribution is 0.0520. The zero-order valence-electron chi connectivity index (χ0n) is 7.31. The first kappa shape index (κ1) is 10.9. The van der Waals surface area contributed by atoms with Gasteiger partial charge in [-0.2, -0.15) is 0 Å². The second-order valence-electron chi connectivity index (χ2n) is 2.44. The first-order chi connectivity index (χ1) is 6.57. The van der Waals surface area contributed by atoms with Gasteiger partial charge in [-0.1, -0.05) is 11.6 Å². The third-order valence-electron chi connectivity index (χ3n) is 1.53. The second-order valence-corrected chi connectivity index (χ2v) is 2.85. The summed E-state index contributed by atoms with van der Waals surface area (Å²) in [4.78, 5) is 11.1. The summed E-state index contributed by atoms with van der Waals surface area (Å²) in [5, 5.41) is -0.365. The molecule has 2 nitrogen and oxygen atoms in total. The van der Waals surface area contributed by atoms with Crippen molar-refractivity contribution < 1.29 is 18.3 Å². The van der Waals surface area contributed by atoms with Gasteiger partial charge in [-0.05, 0) is 19.1 Å². The van der Waals surface area contributed by atoms with Crippen LogP contribution in [0.2, 0.25) is 5.02 Å². The molecule has 0 aliphatic carbocycles. The Morgan fingerprint density at radius 2 is 2.07 bits per heavy atom. The third-order valence-corrected chi connectivity index (χ3v) is 1.82. The van der Waals surface area contributed by atoms with Crippen LogP contribution in [0.5, 0.6) is 0 Å². The van der Waals surface area contributed by atoms with E-state index in [4.69, 9.17) is 11.6 Å². The summed E-state index contributed by atoms with van der Waals surface area (Å²) in [6, 6.07) is 2.19. The van der Waals surface area contributed by atoms with Gasteiger partial charge in [-0.25, -0.2) is 13.6 Å². The van der Waals surface area contributed by atoms with Gasteiger partial charge >= 0.3 is 5.97 Å². The lowest BCUT2D eigenvalue weighted by Crippen LogP contribution is -2.08. The molecule has 1 rings (SSSR count). The summed E-state index contributed by atoms with van der Waals surface area (Å²) in [7, 11) is 0. The smallest absolute Gasteiger partial charge is 0.341 e. The quantitative estimate of drug-likeness (QED) is 0.566. The van der Waals surface area contributed by atoms with Crippen molar-refractivity contribution in [3.05, 3.63) is 34.4 Å². The zero-order chi connectivity index (χ0) is 10.7. The molecule has 0 amide bonds. The number of rotatable bonds is 2. The predicted octanol–water partition coefficient (Wildman–Crippen LogP) is 2.79. The van der Waals surface area contributed by atoms with Crippen LogP contribution in [-0.4, -0.2) is 12.6 Å². The van der Waals surface area contributed by atoms with Crippen LogP contribution in [0.4, 0.5) is 8.78 Å². The molecule has 14 heavy (non-hydrogen) atoms. The molecule has 0 atom stereocenters. The number of carbonyl (C=O) groups is 1. The highest BCUT2D eigenvalue weighted by Crippen LogP contribution is 2.20. The minimum Gasteiger partial charge on any atom is -0.462 e. The Kier molecular flexibility index (Phi) is 3.41. The highest BCUT2D eigenvalue weighted by Gasteiger charge is 2.18. The van der Waals surface area contributed by atoms with Crippen molar-refractivity contribution in [2.45, 2.75) is 6.92 Å². The van der Waals surface area contributed by atoms with E-state index >= 15 is 0 Å². The molecule has 0 aromatic heterocycles. The van der Waals surface area contributed by atoms with Crippen LogP contribution in [-0.2, 0) is 4.74 Å². The van der Waals surface area contributed by atoms with Gasteiger partial charge in [0.2, 0.25) is 0 Å². The number of carbonyl (C=O) groups excluding carboxylic acids is 1. The van der Waals surface area contributed by atoms with Crippen LogP contribution in [0.15, 0.2) is 12.1 Å². The van der Waals surface area contributed by atoms with E-state index < -0.39 is 23.2 Å². The van der Waals surface area contributed by atoms with Crippen LogP contribution in [0, 0.1) is 11.6 Å². The Morgan fingerprint density at radius 3 is 2.64 bits per heavy atom. The first-order valence-corrected chi connectivity index (χ1v) is 4.26. The van der Waals surface area contributed by atoms with Crippen molar-refractivity contribution >= 4 is 17.6 Å². The molecule has 0 saturated carbocycles.